The molecule has 0 aromatic carbocycles. The molecule has 0 atom stereocenters. The summed E-state index contributed by atoms with van der Waals surface area (Å²) in [7, 11) is 1.51. The summed E-state index contributed by atoms with van der Waals surface area (Å²) in [6.07, 6.45) is -0.348. The van der Waals surface area contributed by atoms with Crippen LogP contribution in [0.2, 0.25) is 0 Å². The highest BCUT2D eigenvalue weighted by molar-refractivity contribution is 5.79. The lowest BCUT2D eigenvalue weighted by Crippen LogP contribution is -2.08. The average Bonchev–Trinajstić information content (AvgIpc) is 2.54. The maximum atomic E-state index is 13.1. The van der Waals surface area contributed by atoms with E-state index >= 15 is 0 Å². The van der Waals surface area contributed by atoms with Crippen LogP contribution in [0.4, 0.5) is 13.2 Å². The highest BCUT2D eigenvalue weighted by Gasteiger charge is 2.34. The van der Waals surface area contributed by atoms with Gasteiger partial charge in [0.05, 0.1) is 23.0 Å². The molecular formula is C15H11F3N4O. The summed E-state index contributed by atoms with van der Waals surface area (Å²) in [6, 6.07) is 3.75. The van der Waals surface area contributed by atoms with Gasteiger partial charge in [0.15, 0.2) is 5.82 Å². The quantitative estimate of drug-likeness (QED) is 0.741. The summed E-state index contributed by atoms with van der Waals surface area (Å²) in [5.74, 6) is 0.427. The second-order valence-corrected chi connectivity index (χ2v) is 4.74. The van der Waals surface area contributed by atoms with Crippen molar-refractivity contribution in [2.45, 2.75) is 12.8 Å². The normalized spacial score (nSPS) is 11.8. The van der Waals surface area contributed by atoms with Crippen LogP contribution in [0.1, 0.15) is 11.4 Å². The van der Waals surface area contributed by atoms with Crippen molar-refractivity contribution in [2.24, 2.45) is 0 Å². The fraction of sp³-hybridized carbons (Fsp3) is 0.200. The fourth-order valence-electron chi connectivity index (χ4n) is 2.15. The molecule has 8 heteroatoms. The topological polar surface area (TPSA) is 60.8 Å². The van der Waals surface area contributed by atoms with Gasteiger partial charge in [0.2, 0.25) is 0 Å². The molecule has 0 amide bonds. The van der Waals surface area contributed by atoms with E-state index in [1.807, 2.05) is 0 Å². The first-order valence-electron chi connectivity index (χ1n) is 6.62. The number of alkyl halides is 3. The Morgan fingerprint density at radius 2 is 1.91 bits per heavy atom. The average molecular weight is 320 g/mol. The van der Waals surface area contributed by atoms with E-state index in [9.17, 15) is 13.2 Å². The van der Waals surface area contributed by atoms with Crippen LogP contribution in [0.15, 0.2) is 36.8 Å². The second-order valence-electron chi connectivity index (χ2n) is 4.74. The van der Waals surface area contributed by atoms with E-state index < -0.39 is 11.7 Å². The molecule has 3 aromatic heterocycles. The molecule has 0 saturated heterocycles. The predicted octanol–water partition coefficient (Wildman–Crippen LogP) is 3.25. The molecule has 0 aliphatic heterocycles. The Hall–Kier alpha value is -2.61. The number of halogens is 3. The SMILES string of the molecule is COCc1ncc2ncc(-c3ncccc3C(F)(F)F)cc2n1. The molecule has 0 spiro atoms. The van der Waals surface area contributed by atoms with E-state index in [0.717, 1.165) is 6.07 Å². The Morgan fingerprint density at radius 3 is 2.65 bits per heavy atom. The van der Waals surface area contributed by atoms with Crippen LogP contribution in [0.3, 0.4) is 0 Å². The van der Waals surface area contributed by atoms with Crippen LogP contribution in [-0.2, 0) is 17.5 Å². The third-order valence-electron chi connectivity index (χ3n) is 3.14. The smallest absolute Gasteiger partial charge is 0.377 e. The number of hydrogen-bond acceptors (Lipinski definition) is 5. The zero-order valence-electron chi connectivity index (χ0n) is 12.0. The Balaban J connectivity index is 2.14. The molecular weight excluding hydrogens is 309 g/mol. The molecule has 0 saturated carbocycles. The number of methoxy groups -OCH3 is 1. The van der Waals surface area contributed by atoms with Crippen molar-refractivity contribution in [1.82, 2.24) is 19.9 Å². The summed E-state index contributed by atoms with van der Waals surface area (Å²) in [5.41, 5.74) is 0.169. The first kappa shape index (κ1) is 15.3. The Bertz CT molecular complexity index is 851. The van der Waals surface area contributed by atoms with Gasteiger partial charge in [0.25, 0.3) is 0 Å². The minimum atomic E-state index is -4.49. The Kier molecular flexibility index (Phi) is 3.91. The van der Waals surface area contributed by atoms with Crippen molar-refractivity contribution in [3.05, 3.63) is 48.2 Å². The molecule has 3 aromatic rings. The zero-order valence-corrected chi connectivity index (χ0v) is 12.0. The number of rotatable bonds is 3. The Morgan fingerprint density at radius 1 is 1.09 bits per heavy atom. The molecule has 0 N–H and O–H groups in total. The van der Waals surface area contributed by atoms with Gasteiger partial charge in [-0.25, -0.2) is 9.97 Å². The summed E-state index contributed by atoms with van der Waals surface area (Å²) in [5, 5.41) is 0. The van der Waals surface area contributed by atoms with Gasteiger partial charge in [-0.3, -0.25) is 9.97 Å². The van der Waals surface area contributed by atoms with Crippen LogP contribution in [-0.4, -0.2) is 27.0 Å². The minimum absolute atomic E-state index is 0.179. The zero-order chi connectivity index (χ0) is 16.4. The molecule has 0 bridgehead atoms. The van der Waals surface area contributed by atoms with Crippen molar-refractivity contribution in [1.29, 1.82) is 0 Å². The summed E-state index contributed by atoms with van der Waals surface area (Å²) < 4.78 is 44.3. The van der Waals surface area contributed by atoms with Gasteiger partial charge in [0.1, 0.15) is 12.1 Å². The number of aromatic nitrogens is 4. The predicted molar refractivity (Wildman–Crippen MR) is 76.3 cm³/mol. The van der Waals surface area contributed by atoms with E-state index in [4.69, 9.17) is 4.74 Å². The van der Waals surface area contributed by atoms with Gasteiger partial charge < -0.3 is 4.74 Å². The first-order valence-corrected chi connectivity index (χ1v) is 6.62. The number of hydrogen-bond donors (Lipinski definition) is 0. The van der Waals surface area contributed by atoms with E-state index in [-0.39, 0.29) is 17.9 Å². The van der Waals surface area contributed by atoms with Crippen molar-refractivity contribution >= 4 is 11.0 Å². The van der Waals surface area contributed by atoms with E-state index in [2.05, 4.69) is 19.9 Å². The summed E-state index contributed by atoms with van der Waals surface area (Å²) in [6.45, 7) is 0.206. The van der Waals surface area contributed by atoms with Crippen LogP contribution in [0.25, 0.3) is 22.3 Å². The van der Waals surface area contributed by atoms with Gasteiger partial charge in [0, 0.05) is 25.1 Å². The van der Waals surface area contributed by atoms with Crippen molar-refractivity contribution < 1.29 is 17.9 Å². The number of nitrogens with zero attached hydrogens (tertiary/aromatic N) is 4. The molecule has 3 rings (SSSR count). The van der Waals surface area contributed by atoms with Crippen LogP contribution < -0.4 is 0 Å². The summed E-state index contributed by atoms with van der Waals surface area (Å²) >= 11 is 0. The van der Waals surface area contributed by atoms with Gasteiger partial charge in [-0.2, -0.15) is 13.2 Å². The lowest BCUT2D eigenvalue weighted by molar-refractivity contribution is -0.137. The van der Waals surface area contributed by atoms with E-state index in [1.54, 1.807) is 0 Å². The van der Waals surface area contributed by atoms with Gasteiger partial charge >= 0.3 is 6.18 Å². The molecule has 3 heterocycles. The molecule has 0 aliphatic carbocycles. The lowest BCUT2D eigenvalue weighted by atomic mass is 10.1. The highest BCUT2D eigenvalue weighted by atomic mass is 19.4. The maximum Gasteiger partial charge on any atom is 0.418 e. The third-order valence-corrected chi connectivity index (χ3v) is 3.14. The van der Waals surface area contributed by atoms with E-state index in [1.165, 1.54) is 37.8 Å². The van der Waals surface area contributed by atoms with Crippen LogP contribution in [0.5, 0.6) is 0 Å². The standard InChI is InChI=1S/C15H11F3N4O/c1-23-8-13-21-7-12-11(22-13)5-9(6-20-12)14-10(15(16,17)18)3-2-4-19-14/h2-7H,8H2,1H3. The monoisotopic (exact) mass is 320 g/mol. The number of pyridine rings is 2. The Labute approximate surface area is 129 Å². The van der Waals surface area contributed by atoms with Crippen molar-refractivity contribution in [3.8, 4) is 11.3 Å². The molecule has 0 unspecified atom stereocenters. The van der Waals surface area contributed by atoms with E-state index in [0.29, 0.717) is 16.9 Å². The minimum Gasteiger partial charge on any atom is -0.377 e. The molecule has 118 valence electrons. The maximum absolute atomic E-state index is 13.1. The molecule has 0 aliphatic rings. The molecule has 0 radical (unpaired) electrons. The van der Waals surface area contributed by atoms with Gasteiger partial charge in [-0.1, -0.05) is 0 Å². The first-order chi connectivity index (χ1) is 11.0. The molecule has 23 heavy (non-hydrogen) atoms. The molecule has 5 nitrogen and oxygen atoms in total. The van der Waals surface area contributed by atoms with Gasteiger partial charge in [-0.15, -0.1) is 0 Å². The van der Waals surface area contributed by atoms with Crippen LogP contribution >= 0.6 is 0 Å². The van der Waals surface area contributed by atoms with Crippen LogP contribution in [0, 0.1) is 0 Å². The number of fused-ring (bicyclic) bond motifs is 1. The fourth-order valence-corrected chi connectivity index (χ4v) is 2.15. The highest BCUT2D eigenvalue weighted by Crippen LogP contribution is 2.35. The van der Waals surface area contributed by atoms with Crippen molar-refractivity contribution in [2.75, 3.05) is 7.11 Å². The third kappa shape index (κ3) is 3.11. The summed E-state index contributed by atoms with van der Waals surface area (Å²) in [4.78, 5) is 16.3. The van der Waals surface area contributed by atoms with Gasteiger partial charge in [-0.05, 0) is 18.2 Å². The number of ether oxygens (including phenoxy) is 1. The van der Waals surface area contributed by atoms with Crippen molar-refractivity contribution in [3.63, 3.8) is 0 Å². The second kappa shape index (κ2) is 5.88. The lowest BCUT2D eigenvalue weighted by Gasteiger charge is -2.11. The molecule has 0 fully saturated rings. The largest absolute Gasteiger partial charge is 0.418 e.